The first-order valence-corrected chi connectivity index (χ1v) is 25.1. The summed E-state index contributed by atoms with van der Waals surface area (Å²) in [6.07, 6.45) is 9.33. The van der Waals surface area contributed by atoms with Crippen LogP contribution in [0.5, 0.6) is 0 Å². The van der Waals surface area contributed by atoms with Crippen LogP contribution in [0.15, 0.2) is 117 Å². The number of benzene rings is 4. The number of ether oxygens (including phenoxy) is 1. The van der Waals surface area contributed by atoms with E-state index in [1.807, 2.05) is 112 Å². The van der Waals surface area contributed by atoms with Crippen LogP contribution in [-0.2, 0) is 27.2 Å². The standard InChI is InChI=1S/C29H33BrClN3O3.C24H25BrClN3O/c1-29(2,3)37-28(36)34-16-14-33(15-17-34)13-12-32-27(35)26-21(7-4-20-5-9-24(31)10-6-20)18-22-19-23(30)8-11-25(22)26;25-20-5-8-22-19(16-20)15-18(4-1-17-2-6-21(26)7-3-17)23(22)24(30)28-11-14-29-12-9-27-10-13-29/h4-11,19H,12-18H2,1-3H3,(H,32,35);1-8,16,27H,9-15H2,(H,28,30)/b7-4+;4-1+. The lowest BCUT2D eigenvalue weighted by molar-refractivity contribution is -0.116. The van der Waals surface area contributed by atoms with E-state index in [-0.39, 0.29) is 17.9 Å². The molecule has 8 rings (SSSR count). The maximum absolute atomic E-state index is 13.4. The lowest BCUT2D eigenvalue weighted by Crippen LogP contribution is -2.51. The van der Waals surface area contributed by atoms with Gasteiger partial charge in [-0.2, -0.15) is 0 Å². The van der Waals surface area contributed by atoms with E-state index in [4.69, 9.17) is 27.9 Å². The molecule has 352 valence electrons. The second kappa shape index (κ2) is 23.7. The van der Waals surface area contributed by atoms with Crippen molar-refractivity contribution in [2.75, 3.05) is 78.5 Å². The molecule has 0 saturated carbocycles. The second-order valence-electron chi connectivity index (χ2n) is 17.9. The number of amides is 3. The fourth-order valence-corrected chi connectivity index (χ4v) is 9.52. The lowest BCUT2D eigenvalue weighted by atomic mass is 10.0. The first-order chi connectivity index (χ1) is 32.2. The van der Waals surface area contributed by atoms with Gasteiger partial charge in [0.2, 0.25) is 0 Å². The molecule has 0 radical (unpaired) electrons. The summed E-state index contributed by atoms with van der Waals surface area (Å²) in [6.45, 7) is 15.3. The van der Waals surface area contributed by atoms with Gasteiger partial charge in [-0.05, 0) is 127 Å². The van der Waals surface area contributed by atoms with Gasteiger partial charge in [0.15, 0.2) is 0 Å². The molecule has 2 saturated heterocycles. The van der Waals surface area contributed by atoms with Crippen molar-refractivity contribution in [1.82, 2.24) is 30.7 Å². The smallest absolute Gasteiger partial charge is 0.410 e. The Morgan fingerprint density at radius 3 is 1.49 bits per heavy atom. The van der Waals surface area contributed by atoms with Gasteiger partial charge in [-0.15, -0.1) is 0 Å². The molecule has 4 aromatic rings. The number of nitrogens with one attached hydrogen (secondary N) is 3. The minimum Gasteiger partial charge on any atom is -0.444 e. The number of fused-ring (bicyclic) bond motifs is 2. The summed E-state index contributed by atoms with van der Waals surface area (Å²) in [5.41, 5.74) is 9.43. The zero-order chi connectivity index (χ0) is 47.5. The van der Waals surface area contributed by atoms with Crippen LogP contribution in [0.2, 0.25) is 10.0 Å². The van der Waals surface area contributed by atoms with Crippen LogP contribution >= 0.6 is 55.1 Å². The third-order valence-electron chi connectivity index (χ3n) is 11.9. The van der Waals surface area contributed by atoms with E-state index < -0.39 is 5.60 Å². The molecule has 10 nitrogen and oxygen atoms in total. The van der Waals surface area contributed by atoms with Crippen LogP contribution in [0.1, 0.15) is 54.2 Å². The number of rotatable bonds is 12. The average Bonchev–Trinajstić information content (AvgIpc) is 3.86. The summed E-state index contributed by atoms with van der Waals surface area (Å²) in [5, 5.41) is 11.0. The molecule has 0 aromatic heterocycles. The van der Waals surface area contributed by atoms with Gasteiger partial charge in [-0.25, -0.2) is 4.79 Å². The molecule has 0 bridgehead atoms. The van der Waals surface area contributed by atoms with E-state index in [9.17, 15) is 14.4 Å². The Morgan fingerprint density at radius 1 is 0.627 bits per heavy atom. The van der Waals surface area contributed by atoms with Crippen LogP contribution < -0.4 is 16.0 Å². The van der Waals surface area contributed by atoms with Crippen molar-refractivity contribution in [3.05, 3.63) is 161 Å². The molecule has 0 spiro atoms. The number of hydrogen-bond donors (Lipinski definition) is 3. The Balaban J connectivity index is 0.000000203. The normalized spacial score (nSPS) is 16.6. The minimum atomic E-state index is -0.495. The van der Waals surface area contributed by atoms with Crippen LogP contribution in [-0.4, -0.2) is 117 Å². The predicted molar refractivity (Wildman–Crippen MR) is 280 cm³/mol. The highest BCUT2D eigenvalue weighted by Crippen LogP contribution is 2.37. The molecule has 2 fully saturated rings. The summed E-state index contributed by atoms with van der Waals surface area (Å²) in [6, 6.07) is 27.5. The van der Waals surface area contributed by atoms with Crippen LogP contribution in [0.3, 0.4) is 0 Å². The third-order valence-corrected chi connectivity index (χ3v) is 13.4. The molecular weight excluding hydrogens is 1020 g/mol. The number of halogens is 4. The van der Waals surface area contributed by atoms with E-state index in [1.165, 1.54) is 5.56 Å². The Labute approximate surface area is 421 Å². The Hall–Kier alpha value is -4.53. The Bertz CT molecular complexity index is 2540. The van der Waals surface area contributed by atoms with E-state index in [2.05, 4.69) is 75.8 Å². The predicted octanol–water partition coefficient (Wildman–Crippen LogP) is 9.94. The minimum absolute atomic E-state index is 0.00182. The van der Waals surface area contributed by atoms with Gasteiger partial charge < -0.3 is 25.6 Å². The molecule has 2 aliphatic heterocycles. The largest absolute Gasteiger partial charge is 0.444 e. The molecular formula is C53H58Br2Cl2N6O4. The third kappa shape index (κ3) is 14.5. The van der Waals surface area contributed by atoms with E-state index >= 15 is 0 Å². The van der Waals surface area contributed by atoms with Crippen LogP contribution in [0, 0.1) is 0 Å². The zero-order valence-corrected chi connectivity index (χ0v) is 43.0. The topological polar surface area (TPSA) is 106 Å². The first kappa shape index (κ1) is 50.3. The van der Waals surface area contributed by atoms with Crippen molar-refractivity contribution in [2.24, 2.45) is 0 Å². The number of piperazine rings is 2. The van der Waals surface area contributed by atoms with Gasteiger partial charge in [0.05, 0.1) is 11.1 Å². The molecule has 0 unspecified atom stereocenters. The van der Waals surface area contributed by atoms with Gasteiger partial charge in [0.25, 0.3) is 11.8 Å². The maximum Gasteiger partial charge on any atom is 0.410 e. The molecule has 2 heterocycles. The summed E-state index contributed by atoms with van der Waals surface area (Å²) >= 11 is 19.1. The summed E-state index contributed by atoms with van der Waals surface area (Å²) in [5.74, 6) is -0.0637. The Kier molecular flexibility index (Phi) is 17.8. The summed E-state index contributed by atoms with van der Waals surface area (Å²) in [7, 11) is 0. The van der Waals surface area contributed by atoms with Crippen molar-refractivity contribution in [2.45, 2.75) is 39.2 Å². The number of carbonyl (C=O) groups is 3. The summed E-state index contributed by atoms with van der Waals surface area (Å²) in [4.78, 5) is 45.2. The van der Waals surface area contributed by atoms with Crippen molar-refractivity contribution < 1.29 is 19.1 Å². The molecule has 14 heteroatoms. The molecule has 4 aliphatic rings. The molecule has 3 N–H and O–H groups in total. The monoisotopic (exact) mass is 1070 g/mol. The van der Waals surface area contributed by atoms with Crippen molar-refractivity contribution in [3.8, 4) is 0 Å². The zero-order valence-electron chi connectivity index (χ0n) is 38.3. The molecule has 2 aliphatic carbocycles. The number of hydrogen-bond acceptors (Lipinski definition) is 7. The van der Waals surface area contributed by atoms with Gasteiger partial charge in [-0.1, -0.05) is 116 Å². The molecule has 3 amide bonds. The van der Waals surface area contributed by atoms with E-state index in [0.29, 0.717) is 42.6 Å². The van der Waals surface area contributed by atoms with Gasteiger partial charge >= 0.3 is 6.09 Å². The lowest BCUT2D eigenvalue weighted by Gasteiger charge is -2.35. The first-order valence-electron chi connectivity index (χ1n) is 22.8. The maximum atomic E-state index is 13.4. The highest BCUT2D eigenvalue weighted by Gasteiger charge is 2.29. The second-order valence-corrected chi connectivity index (χ2v) is 20.6. The van der Waals surface area contributed by atoms with Crippen molar-refractivity contribution in [3.63, 3.8) is 0 Å². The fourth-order valence-electron chi connectivity index (χ4n) is 8.45. The van der Waals surface area contributed by atoms with Gasteiger partial charge in [-0.3, -0.25) is 19.4 Å². The molecule has 0 atom stereocenters. The number of carbonyl (C=O) groups excluding carboxylic acids is 3. The quantitative estimate of drug-likeness (QED) is 0.130. The van der Waals surface area contributed by atoms with Crippen LogP contribution in [0.25, 0.3) is 23.3 Å². The highest BCUT2D eigenvalue weighted by molar-refractivity contribution is 9.10. The fraction of sp³-hybridized carbons (Fsp3) is 0.340. The van der Waals surface area contributed by atoms with Crippen molar-refractivity contribution >= 4 is 96.3 Å². The van der Waals surface area contributed by atoms with Crippen LogP contribution in [0.4, 0.5) is 4.79 Å². The number of nitrogens with zero attached hydrogens (tertiary/aromatic N) is 3. The average molecular weight is 1070 g/mol. The van der Waals surface area contributed by atoms with E-state index in [0.717, 1.165) is 118 Å². The highest BCUT2D eigenvalue weighted by atomic mass is 79.9. The van der Waals surface area contributed by atoms with Gasteiger partial charge in [0.1, 0.15) is 5.60 Å². The summed E-state index contributed by atoms with van der Waals surface area (Å²) < 4.78 is 7.50. The number of allylic oxidation sites excluding steroid dienone is 4. The molecule has 67 heavy (non-hydrogen) atoms. The van der Waals surface area contributed by atoms with Crippen molar-refractivity contribution in [1.29, 1.82) is 0 Å². The SMILES string of the molecule is CC(C)(C)OC(=O)N1CCN(CCNC(=O)C2=C(/C=C/c3ccc(Cl)cc3)Cc3cc(Br)ccc32)CC1.O=C(NCCN1CCNCC1)C1=C(/C=C/c2ccc(Cl)cc2)Cc2cc(Br)ccc21. The van der Waals surface area contributed by atoms with E-state index in [1.54, 1.807) is 4.90 Å². The molecule has 4 aromatic carbocycles. The van der Waals surface area contributed by atoms with Gasteiger partial charge in [0, 0.05) is 97.5 Å². The Morgan fingerprint density at radius 2 is 1.06 bits per heavy atom.